The zero-order chi connectivity index (χ0) is 27.1. The van der Waals surface area contributed by atoms with Gasteiger partial charge in [-0.3, -0.25) is 4.79 Å². The highest BCUT2D eigenvalue weighted by Crippen LogP contribution is 2.40. The number of hydrogen-bond acceptors (Lipinski definition) is 8. The number of amides is 2. The van der Waals surface area contributed by atoms with Crippen molar-refractivity contribution in [2.75, 3.05) is 45.7 Å². The molecule has 1 saturated heterocycles. The summed E-state index contributed by atoms with van der Waals surface area (Å²) in [5.74, 6) is -2.61. The molecular weight excluding hydrogens is 483 g/mol. The van der Waals surface area contributed by atoms with Crippen LogP contribution in [0, 0.1) is 5.82 Å². The lowest BCUT2D eigenvalue weighted by Crippen LogP contribution is -2.37. The monoisotopic (exact) mass is 516 g/mol. The zero-order valence-corrected chi connectivity index (χ0v) is 21.5. The first-order valence-electron chi connectivity index (χ1n) is 12.1. The van der Waals surface area contributed by atoms with Gasteiger partial charge in [-0.1, -0.05) is 6.07 Å². The van der Waals surface area contributed by atoms with Crippen LogP contribution in [0.15, 0.2) is 40.7 Å². The molecule has 2 amide bonds. The summed E-state index contributed by atoms with van der Waals surface area (Å²) in [6, 6.07) is 3.42. The van der Waals surface area contributed by atoms with Crippen LogP contribution >= 0.6 is 0 Å². The number of methoxy groups -OCH3 is 2. The Kier molecular flexibility index (Phi) is 9.40. The maximum absolute atomic E-state index is 14.7. The number of halogens is 1. The second kappa shape index (κ2) is 12.5. The number of piperidine rings is 1. The Morgan fingerprint density at radius 3 is 2.22 bits per heavy atom. The van der Waals surface area contributed by atoms with E-state index in [0.29, 0.717) is 42.8 Å². The molecule has 0 saturated carbocycles. The number of Topliss-reactive ketones (excluding diaryl/α,β-unsaturated/α-hetero) is 1. The summed E-state index contributed by atoms with van der Waals surface area (Å²) in [5.41, 5.74) is 1.61. The summed E-state index contributed by atoms with van der Waals surface area (Å²) in [4.78, 5) is 51.3. The van der Waals surface area contributed by atoms with Gasteiger partial charge in [-0.15, -0.1) is 0 Å². The molecule has 0 spiro atoms. The number of urea groups is 1. The molecule has 10 nitrogen and oxygen atoms in total. The average molecular weight is 517 g/mol. The minimum atomic E-state index is -0.901. The Morgan fingerprint density at radius 2 is 1.65 bits per heavy atom. The second-order valence-corrected chi connectivity index (χ2v) is 8.97. The van der Waals surface area contributed by atoms with Crippen molar-refractivity contribution in [2.45, 2.75) is 39.0 Å². The molecule has 2 aliphatic rings. The lowest BCUT2D eigenvalue weighted by molar-refractivity contribution is -0.137. The smallest absolute Gasteiger partial charge is 0.336 e. The summed E-state index contributed by atoms with van der Waals surface area (Å²) in [7, 11) is 2.46. The fourth-order valence-electron chi connectivity index (χ4n) is 4.60. The van der Waals surface area contributed by atoms with Crippen LogP contribution in [0.2, 0.25) is 0 Å². The molecule has 1 fully saturated rings. The van der Waals surface area contributed by atoms with Crippen LogP contribution in [0.4, 0.5) is 14.9 Å². The van der Waals surface area contributed by atoms with E-state index >= 15 is 0 Å². The fourth-order valence-corrected chi connectivity index (χ4v) is 4.60. The van der Waals surface area contributed by atoms with E-state index < -0.39 is 29.7 Å². The SMILES string of the molecule is COC(=O)C1=C(C)NC(C)=C(C(=O)OC)C1c1ccc(F)c(NC(=O)NCCCN2CCC(=O)CC2)c1. The number of rotatable bonds is 8. The van der Waals surface area contributed by atoms with Crippen molar-refractivity contribution in [2.24, 2.45) is 0 Å². The number of esters is 2. The molecule has 2 aliphatic heterocycles. The lowest BCUT2D eigenvalue weighted by atomic mass is 9.80. The Balaban J connectivity index is 1.75. The van der Waals surface area contributed by atoms with Crippen LogP contribution in [0.1, 0.15) is 44.6 Å². The van der Waals surface area contributed by atoms with Crippen molar-refractivity contribution in [3.8, 4) is 0 Å². The highest BCUT2D eigenvalue weighted by Gasteiger charge is 2.38. The molecular formula is C26H33FN4O6. The largest absolute Gasteiger partial charge is 0.466 e. The van der Waals surface area contributed by atoms with E-state index in [0.717, 1.165) is 19.6 Å². The molecule has 0 atom stereocenters. The Bertz CT molecular complexity index is 1100. The van der Waals surface area contributed by atoms with E-state index in [-0.39, 0.29) is 22.6 Å². The molecule has 2 heterocycles. The molecule has 200 valence electrons. The van der Waals surface area contributed by atoms with E-state index in [1.54, 1.807) is 13.8 Å². The summed E-state index contributed by atoms with van der Waals surface area (Å²) >= 11 is 0. The first-order chi connectivity index (χ1) is 17.7. The summed E-state index contributed by atoms with van der Waals surface area (Å²) < 4.78 is 24.6. The number of likely N-dealkylation sites (tertiary alicyclic amines) is 1. The minimum Gasteiger partial charge on any atom is -0.466 e. The van der Waals surface area contributed by atoms with Crippen molar-refractivity contribution in [1.82, 2.24) is 15.5 Å². The maximum atomic E-state index is 14.7. The standard InChI is InChI=1S/C26H33FN4O6/c1-15-21(24(33)36-3)23(22(16(2)29-15)25(34)37-4)17-6-7-19(27)20(14-17)30-26(35)28-10-5-11-31-12-8-18(32)9-13-31/h6-7,14,23,29H,5,8-13H2,1-4H3,(H2,28,30,35). The number of benzene rings is 1. The van der Waals surface area contributed by atoms with Crippen LogP contribution in [0.5, 0.6) is 0 Å². The molecule has 0 bridgehead atoms. The molecule has 0 aromatic heterocycles. The maximum Gasteiger partial charge on any atom is 0.336 e. The molecule has 0 radical (unpaired) electrons. The van der Waals surface area contributed by atoms with Crippen LogP contribution < -0.4 is 16.0 Å². The van der Waals surface area contributed by atoms with Crippen molar-refractivity contribution in [1.29, 1.82) is 0 Å². The Labute approximate surface area is 215 Å². The van der Waals surface area contributed by atoms with Gasteiger partial charge in [0.05, 0.1) is 37.0 Å². The van der Waals surface area contributed by atoms with Crippen LogP contribution in [-0.2, 0) is 23.9 Å². The quantitative estimate of drug-likeness (QED) is 0.356. The number of nitrogens with one attached hydrogen (secondary N) is 3. The first-order valence-corrected chi connectivity index (χ1v) is 12.1. The molecule has 3 N–H and O–H groups in total. The summed E-state index contributed by atoms with van der Waals surface area (Å²) in [6.07, 6.45) is 1.79. The Hall–Kier alpha value is -3.73. The van der Waals surface area contributed by atoms with Gasteiger partial charge in [0.1, 0.15) is 11.6 Å². The number of hydrogen-bond donors (Lipinski definition) is 3. The van der Waals surface area contributed by atoms with E-state index in [1.165, 1.54) is 32.4 Å². The number of dihydropyridines is 1. The van der Waals surface area contributed by atoms with E-state index in [1.807, 2.05) is 0 Å². The average Bonchev–Trinajstić information content (AvgIpc) is 2.87. The normalized spacial score (nSPS) is 16.8. The van der Waals surface area contributed by atoms with Gasteiger partial charge in [0.15, 0.2) is 0 Å². The van der Waals surface area contributed by atoms with Gasteiger partial charge in [-0.05, 0) is 44.5 Å². The second-order valence-electron chi connectivity index (χ2n) is 8.97. The van der Waals surface area contributed by atoms with Crippen LogP contribution in [0.3, 0.4) is 0 Å². The van der Waals surface area contributed by atoms with Crippen LogP contribution in [0.25, 0.3) is 0 Å². The molecule has 3 rings (SSSR count). The zero-order valence-electron chi connectivity index (χ0n) is 21.5. The number of ketones is 1. The number of anilines is 1. The molecule has 1 aromatic carbocycles. The van der Waals surface area contributed by atoms with Crippen molar-refractivity contribution in [3.63, 3.8) is 0 Å². The number of ether oxygens (including phenoxy) is 2. The van der Waals surface area contributed by atoms with Crippen LogP contribution in [-0.4, -0.2) is 69.1 Å². The summed E-state index contributed by atoms with van der Waals surface area (Å²) in [5, 5.41) is 8.22. The summed E-state index contributed by atoms with van der Waals surface area (Å²) in [6.45, 7) is 5.92. The minimum absolute atomic E-state index is 0.105. The molecule has 37 heavy (non-hydrogen) atoms. The van der Waals surface area contributed by atoms with Gasteiger partial charge in [0, 0.05) is 43.9 Å². The number of allylic oxidation sites excluding steroid dienone is 2. The van der Waals surface area contributed by atoms with Gasteiger partial charge in [-0.2, -0.15) is 0 Å². The highest BCUT2D eigenvalue weighted by molar-refractivity contribution is 6.00. The third-order valence-electron chi connectivity index (χ3n) is 6.49. The molecule has 11 heteroatoms. The molecule has 0 unspecified atom stereocenters. The van der Waals surface area contributed by atoms with Gasteiger partial charge in [-0.25, -0.2) is 18.8 Å². The highest BCUT2D eigenvalue weighted by atomic mass is 19.1. The first kappa shape index (κ1) is 27.9. The Morgan fingerprint density at radius 1 is 1.05 bits per heavy atom. The molecule has 1 aromatic rings. The van der Waals surface area contributed by atoms with E-state index in [9.17, 15) is 23.6 Å². The van der Waals surface area contributed by atoms with Crippen molar-refractivity contribution in [3.05, 3.63) is 52.1 Å². The van der Waals surface area contributed by atoms with Gasteiger partial charge in [0.25, 0.3) is 0 Å². The van der Waals surface area contributed by atoms with E-state index in [2.05, 4.69) is 20.9 Å². The number of nitrogens with zero attached hydrogens (tertiary/aromatic N) is 1. The third-order valence-corrected chi connectivity index (χ3v) is 6.49. The predicted molar refractivity (Wildman–Crippen MR) is 134 cm³/mol. The third kappa shape index (κ3) is 6.73. The predicted octanol–water partition coefficient (Wildman–Crippen LogP) is 2.58. The van der Waals surface area contributed by atoms with Gasteiger partial charge in [0.2, 0.25) is 0 Å². The van der Waals surface area contributed by atoms with Crippen molar-refractivity contribution >= 4 is 29.4 Å². The van der Waals surface area contributed by atoms with Gasteiger partial charge >= 0.3 is 18.0 Å². The van der Waals surface area contributed by atoms with Crippen molar-refractivity contribution < 1.29 is 33.0 Å². The lowest BCUT2D eigenvalue weighted by Gasteiger charge is -2.30. The fraction of sp³-hybridized carbons (Fsp3) is 0.462. The number of carbonyl (C=O) groups is 4. The topological polar surface area (TPSA) is 126 Å². The van der Waals surface area contributed by atoms with E-state index in [4.69, 9.17) is 9.47 Å². The molecule has 0 aliphatic carbocycles. The number of carbonyl (C=O) groups excluding carboxylic acids is 4. The van der Waals surface area contributed by atoms with Gasteiger partial charge < -0.3 is 30.3 Å².